The Morgan fingerprint density at radius 1 is 1.28 bits per heavy atom. The molecular weight excluding hydrogens is 314 g/mol. The molecule has 2 bridgehead atoms. The van der Waals surface area contributed by atoms with Gasteiger partial charge in [0.25, 0.3) is 0 Å². The van der Waals surface area contributed by atoms with E-state index in [1.165, 1.54) is 39.6 Å². The highest BCUT2D eigenvalue weighted by Gasteiger charge is 2.33. The Kier molecular flexibility index (Phi) is 4.77. The third-order valence-corrected chi connectivity index (χ3v) is 5.83. The number of piperidine rings is 3. The highest BCUT2D eigenvalue weighted by molar-refractivity contribution is 6.03. The molecule has 0 radical (unpaired) electrons. The van der Waals surface area contributed by atoms with Gasteiger partial charge in [0.2, 0.25) is 0 Å². The first kappa shape index (κ1) is 16.6. The van der Waals surface area contributed by atoms with Crippen molar-refractivity contribution in [3.05, 3.63) is 36.0 Å². The Morgan fingerprint density at radius 3 is 2.84 bits per heavy atom. The van der Waals surface area contributed by atoms with Crippen LogP contribution in [0.5, 0.6) is 0 Å². The molecule has 5 rings (SSSR count). The molecule has 1 atom stereocenters. The predicted molar refractivity (Wildman–Crippen MR) is 98.8 cm³/mol. The summed E-state index contributed by atoms with van der Waals surface area (Å²) in [4.78, 5) is 14.6. The van der Waals surface area contributed by atoms with Crippen LogP contribution < -0.4 is 5.32 Å². The van der Waals surface area contributed by atoms with Crippen LogP contribution in [0.3, 0.4) is 0 Å². The van der Waals surface area contributed by atoms with Crippen molar-refractivity contribution in [3.63, 3.8) is 0 Å². The van der Waals surface area contributed by atoms with Gasteiger partial charge in [-0.05, 0) is 56.9 Å². The number of ether oxygens (including phenoxy) is 1. The van der Waals surface area contributed by atoms with Gasteiger partial charge in [-0.25, -0.2) is 4.79 Å². The van der Waals surface area contributed by atoms with Crippen molar-refractivity contribution in [2.75, 3.05) is 33.3 Å². The van der Waals surface area contributed by atoms with Crippen molar-refractivity contribution in [2.24, 2.45) is 5.92 Å². The van der Waals surface area contributed by atoms with E-state index in [2.05, 4.69) is 27.0 Å². The topological polar surface area (TPSA) is 46.5 Å². The van der Waals surface area contributed by atoms with Crippen LogP contribution in [-0.4, -0.2) is 54.8 Å². The number of hydrogen-bond acceptors (Lipinski definition) is 4. The highest BCUT2D eigenvalue weighted by atomic mass is 16.5. The van der Waals surface area contributed by atoms with E-state index in [1.807, 2.05) is 18.2 Å². The monoisotopic (exact) mass is 341 g/mol. The summed E-state index contributed by atoms with van der Waals surface area (Å²) in [5.41, 5.74) is 1.63. The van der Waals surface area contributed by atoms with E-state index in [9.17, 15) is 4.79 Å². The fraction of sp³-hybridized carbons (Fsp3) is 0.550. The van der Waals surface area contributed by atoms with Crippen molar-refractivity contribution in [1.29, 1.82) is 0 Å². The van der Waals surface area contributed by atoms with E-state index in [4.69, 9.17) is 4.74 Å². The van der Waals surface area contributed by atoms with E-state index in [-0.39, 0.29) is 5.97 Å². The lowest BCUT2D eigenvalue weighted by atomic mass is 9.84. The molecule has 5 nitrogen and oxygen atoms in total. The van der Waals surface area contributed by atoms with Gasteiger partial charge in [0.05, 0.1) is 18.2 Å². The average Bonchev–Trinajstić information content (AvgIpc) is 3.09. The molecule has 134 valence electrons. The van der Waals surface area contributed by atoms with Crippen LogP contribution in [0.2, 0.25) is 0 Å². The summed E-state index contributed by atoms with van der Waals surface area (Å²) in [6.07, 6.45) is 5.83. The summed E-state index contributed by atoms with van der Waals surface area (Å²) in [5, 5.41) is 4.86. The molecule has 1 aromatic carbocycles. The lowest BCUT2D eigenvalue weighted by Gasteiger charge is -2.45. The van der Waals surface area contributed by atoms with Crippen molar-refractivity contribution in [2.45, 2.75) is 31.8 Å². The van der Waals surface area contributed by atoms with Crippen LogP contribution in [0.1, 0.15) is 29.6 Å². The number of carbonyl (C=O) groups is 1. The molecule has 0 amide bonds. The summed E-state index contributed by atoms with van der Waals surface area (Å²) in [5.74, 6) is 0.597. The Morgan fingerprint density at radius 2 is 2.12 bits per heavy atom. The van der Waals surface area contributed by atoms with Gasteiger partial charge in [-0.1, -0.05) is 12.1 Å². The van der Waals surface area contributed by atoms with E-state index in [0.717, 1.165) is 36.3 Å². The van der Waals surface area contributed by atoms with Crippen molar-refractivity contribution in [3.8, 4) is 0 Å². The van der Waals surface area contributed by atoms with Crippen LogP contribution in [0.25, 0.3) is 10.9 Å². The van der Waals surface area contributed by atoms with Gasteiger partial charge in [-0.2, -0.15) is 0 Å². The number of benzene rings is 1. The molecule has 3 aliphatic rings. The lowest BCUT2D eigenvalue weighted by Crippen LogP contribution is -2.56. The van der Waals surface area contributed by atoms with Gasteiger partial charge in [-0.15, -0.1) is 0 Å². The Labute approximate surface area is 148 Å². The van der Waals surface area contributed by atoms with Gasteiger partial charge in [0.1, 0.15) is 0 Å². The second kappa shape index (κ2) is 7.18. The number of hydrogen-bond donors (Lipinski definition) is 1. The normalized spacial score (nSPS) is 25.4. The summed E-state index contributed by atoms with van der Waals surface area (Å²) >= 11 is 0. The lowest BCUT2D eigenvalue weighted by molar-refractivity contribution is 0.0602. The van der Waals surface area contributed by atoms with Crippen LogP contribution in [-0.2, 0) is 11.3 Å². The average molecular weight is 341 g/mol. The number of rotatable bonds is 6. The van der Waals surface area contributed by atoms with E-state index >= 15 is 0 Å². The quantitative estimate of drug-likeness (QED) is 0.648. The SMILES string of the molecule is COC(=O)c1cccc2ccn(CCCNC3CN4CCC3CC4)c12. The Balaban J connectivity index is 1.37. The minimum atomic E-state index is -0.268. The number of fused-ring (bicyclic) bond motifs is 4. The van der Waals surface area contributed by atoms with Crippen molar-refractivity contribution < 1.29 is 9.53 Å². The number of nitrogens with zero attached hydrogens (tertiary/aromatic N) is 2. The molecule has 4 heterocycles. The summed E-state index contributed by atoms with van der Waals surface area (Å²) in [6, 6.07) is 8.53. The molecule has 1 unspecified atom stereocenters. The first-order chi connectivity index (χ1) is 12.3. The maximum absolute atomic E-state index is 12.0. The van der Waals surface area contributed by atoms with Gasteiger partial charge in [0, 0.05) is 30.7 Å². The second-order valence-corrected chi connectivity index (χ2v) is 7.30. The molecule has 1 aromatic heterocycles. The fourth-order valence-electron chi connectivity index (χ4n) is 4.46. The molecule has 0 spiro atoms. The minimum absolute atomic E-state index is 0.268. The number of nitrogens with one attached hydrogen (secondary N) is 1. The van der Waals surface area contributed by atoms with E-state index < -0.39 is 0 Å². The van der Waals surface area contributed by atoms with Crippen LogP contribution in [0, 0.1) is 5.92 Å². The maximum atomic E-state index is 12.0. The molecule has 2 aromatic rings. The third-order valence-electron chi connectivity index (χ3n) is 5.83. The highest BCUT2D eigenvalue weighted by Crippen LogP contribution is 2.27. The zero-order valence-electron chi connectivity index (χ0n) is 14.9. The zero-order chi connectivity index (χ0) is 17.2. The summed E-state index contributed by atoms with van der Waals surface area (Å²) < 4.78 is 7.11. The van der Waals surface area contributed by atoms with Crippen molar-refractivity contribution >= 4 is 16.9 Å². The van der Waals surface area contributed by atoms with Gasteiger partial charge in [-0.3, -0.25) is 0 Å². The van der Waals surface area contributed by atoms with Crippen molar-refractivity contribution in [1.82, 2.24) is 14.8 Å². The molecular formula is C20H27N3O2. The standard InChI is InChI=1S/C20H27N3O2/c1-25-20(24)17-5-2-4-16-8-13-23(19(16)17)10-3-9-21-18-14-22-11-6-15(18)7-12-22/h2,4-5,8,13,15,18,21H,3,6-7,9-12,14H2,1H3. The van der Waals surface area contributed by atoms with Crippen LogP contribution in [0.15, 0.2) is 30.5 Å². The third kappa shape index (κ3) is 3.31. The summed E-state index contributed by atoms with van der Waals surface area (Å²) in [7, 11) is 1.44. The molecule has 1 N–H and O–H groups in total. The zero-order valence-corrected chi connectivity index (χ0v) is 14.9. The van der Waals surface area contributed by atoms with E-state index in [0.29, 0.717) is 11.6 Å². The minimum Gasteiger partial charge on any atom is -0.465 e. The Bertz CT molecular complexity index is 746. The molecule has 3 saturated heterocycles. The number of aryl methyl sites for hydroxylation is 1. The summed E-state index contributed by atoms with van der Waals surface area (Å²) in [6.45, 7) is 5.72. The second-order valence-electron chi connectivity index (χ2n) is 7.30. The molecule has 25 heavy (non-hydrogen) atoms. The van der Waals surface area contributed by atoms with Gasteiger partial charge in [0.15, 0.2) is 0 Å². The molecule has 5 heteroatoms. The fourth-order valence-corrected chi connectivity index (χ4v) is 4.46. The number of para-hydroxylation sites is 1. The molecule has 0 saturated carbocycles. The molecule has 3 fully saturated rings. The number of methoxy groups -OCH3 is 1. The van der Waals surface area contributed by atoms with Gasteiger partial charge >= 0.3 is 5.97 Å². The maximum Gasteiger partial charge on any atom is 0.340 e. The smallest absolute Gasteiger partial charge is 0.340 e. The number of aromatic nitrogens is 1. The largest absolute Gasteiger partial charge is 0.465 e. The first-order valence-electron chi connectivity index (χ1n) is 9.38. The van der Waals surface area contributed by atoms with Crippen LogP contribution >= 0.6 is 0 Å². The van der Waals surface area contributed by atoms with E-state index in [1.54, 1.807) is 0 Å². The van der Waals surface area contributed by atoms with Crippen LogP contribution in [0.4, 0.5) is 0 Å². The Hall–Kier alpha value is -1.85. The number of esters is 1. The number of carbonyl (C=O) groups excluding carboxylic acids is 1. The first-order valence-corrected chi connectivity index (χ1v) is 9.38. The molecule has 0 aliphatic carbocycles. The molecule has 3 aliphatic heterocycles. The predicted octanol–water partition coefficient (Wildman–Crippen LogP) is 2.50. The van der Waals surface area contributed by atoms with Gasteiger partial charge < -0.3 is 19.5 Å².